The number of carbonyl (C=O) groups is 1. The molecule has 3 heterocycles. The molecule has 8 nitrogen and oxygen atoms in total. The van der Waals surface area contributed by atoms with E-state index in [4.69, 9.17) is 42.3 Å². The molecule has 10 heteroatoms. The van der Waals surface area contributed by atoms with Crippen LogP contribution in [0.2, 0.25) is 10.0 Å². The maximum absolute atomic E-state index is 11.0. The van der Waals surface area contributed by atoms with Crippen LogP contribution in [-0.4, -0.2) is 40.2 Å². The second kappa shape index (κ2) is 10.8. The normalized spacial score (nSPS) is 17.9. The van der Waals surface area contributed by atoms with Gasteiger partial charge in [-0.05, 0) is 62.4 Å². The van der Waals surface area contributed by atoms with Gasteiger partial charge < -0.3 is 28.6 Å². The Kier molecular flexibility index (Phi) is 7.18. The van der Waals surface area contributed by atoms with Gasteiger partial charge in [0, 0.05) is 54.5 Å². The maximum atomic E-state index is 11.0. The van der Waals surface area contributed by atoms with Gasteiger partial charge >= 0.3 is 6.16 Å². The lowest BCUT2D eigenvalue weighted by Crippen LogP contribution is -2.25. The van der Waals surface area contributed by atoms with Gasteiger partial charge in [0.25, 0.3) is 0 Å². The summed E-state index contributed by atoms with van der Waals surface area (Å²) >= 11 is 13.0. The number of rotatable bonds is 7. The third-order valence-electron chi connectivity index (χ3n) is 7.60. The van der Waals surface area contributed by atoms with Crippen molar-refractivity contribution in [2.75, 3.05) is 18.0 Å². The third-order valence-corrected chi connectivity index (χ3v) is 8.23. The zero-order chi connectivity index (χ0) is 27.1. The summed E-state index contributed by atoms with van der Waals surface area (Å²) in [7, 11) is 1.89. The fourth-order valence-electron chi connectivity index (χ4n) is 5.45. The van der Waals surface area contributed by atoms with E-state index in [2.05, 4.69) is 16.1 Å². The Hall–Kier alpha value is -3.20. The number of anilines is 1. The monoisotopic (exact) mass is 569 g/mol. The van der Waals surface area contributed by atoms with E-state index in [0.29, 0.717) is 39.6 Å². The highest BCUT2D eigenvalue weighted by atomic mass is 35.5. The average molecular weight is 570 g/mol. The quantitative estimate of drug-likeness (QED) is 0.228. The summed E-state index contributed by atoms with van der Waals surface area (Å²) < 4.78 is 19.1. The molecule has 0 radical (unpaired) electrons. The molecule has 1 saturated heterocycles. The van der Waals surface area contributed by atoms with Crippen LogP contribution < -0.4 is 9.64 Å². The van der Waals surface area contributed by atoms with Crippen molar-refractivity contribution in [1.82, 2.24) is 9.72 Å². The van der Waals surface area contributed by atoms with Gasteiger partial charge in [0.05, 0.1) is 28.3 Å². The number of benzene rings is 2. The van der Waals surface area contributed by atoms with Crippen molar-refractivity contribution in [3.05, 3.63) is 64.0 Å². The zero-order valence-electron chi connectivity index (χ0n) is 21.5. The Morgan fingerprint density at radius 2 is 1.92 bits per heavy atom. The molecule has 2 aromatic carbocycles. The van der Waals surface area contributed by atoms with Gasteiger partial charge in [0.2, 0.25) is 0 Å². The van der Waals surface area contributed by atoms with Crippen LogP contribution in [0.15, 0.2) is 47.1 Å². The fourth-order valence-corrected chi connectivity index (χ4v) is 6.02. The smallest absolute Gasteiger partial charge is 0.449 e. The number of hydrogen-bond acceptors (Lipinski definition) is 6. The first-order valence-electron chi connectivity index (χ1n) is 13.2. The molecule has 1 atom stereocenters. The number of ether oxygens (including phenoxy) is 2. The lowest BCUT2D eigenvalue weighted by atomic mass is 10.0. The van der Waals surface area contributed by atoms with Crippen LogP contribution >= 0.6 is 23.2 Å². The summed E-state index contributed by atoms with van der Waals surface area (Å²) in [5.74, 6) is 1.61. The molecule has 1 saturated carbocycles. The first-order valence-corrected chi connectivity index (χ1v) is 13.9. The first-order chi connectivity index (χ1) is 18.9. The summed E-state index contributed by atoms with van der Waals surface area (Å²) in [6.45, 7) is 2.16. The minimum atomic E-state index is -1.32. The summed E-state index contributed by atoms with van der Waals surface area (Å²) in [6, 6.07) is 11.5. The standard InChI is InChI=1S/C29H29Cl2N3O5/c1-33-15-25(38-29(35)36)20-10-9-18(14-24(20)33)34-12-3-4-19(11-13-34)37-16-21-27(32-39-28(21)17-7-8-17)26-22(30)5-2-6-23(26)31/h2,5-6,9-10,14-15,17,19H,3-4,7-8,11-13,16H2,1H3,(H,35,36). The Labute approximate surface area is 236 Å². The van der Waals surface area contributed by atoms with Crippen LogP contribution in [0, 0.1) is 0 Å². The lowest BCUT2D eigenvalue weighted by molar-refractivity contribution is 0.0328. The molecule has 0 amide bonds. The number of aryl methyl sites for hydroxylation is 1. The summed E-state index contributed by atoms with van der Waals surface area (Å²) in [5.41, 5.74) is 4.32. The Bertz CT molecular complexity index is 1510. The molecule has 39 heavy (non-hydrogen) atoms. The molecule has 0 spiro atoms. The molecule has 2 fully saturated rings. The van der Waals surface area contributed by atoms with Gasteiger partial charge in [-0.2, -0.15) is 0 Å². The number of aromatic nitrogens is 2. The maximum Gasteiger partial charge on any atom is 0.511 e. The third kappa shape index (κ3) is 5.33. The first kappa shape index (κ1) is 26.0. The van der Waals surface area contributed by atoms with Gasteiger partial charge in [-0.3, -0.25) is 0 Å². The molecule has 2 aliphatic rings. The van der Waals surface area contributed by atoms with Gasteiger partial charge in [-0.15, -0.1) is 0 Å². The minimum absolute atomic E-state index is 0.0980. The molecule has 204 valence electrons. The van der Waals surface area contributed by atoms with Crippen LogP contribution in [0.1, 0.15) is 49.3 Å². The van der Waals surface area contributed by atoms with Crippen molar-refractivity contribution in [2.45, 2.75) is 50.7 Å². The molecular formula is C29H29Cl2N3O5. The molecule has 4 aromatic rings. The highest BCUT2D eigenvalue weighted by Crippen LogP contribution is 2.46. The van der Waals surface area contributed by atoms with E-state index in [1.54, 1.807) is 6.20 Å². The SMILES string of the molecule is Cn1cc(OC(=O)O)c2ccc(N3CCCC(OCc4c(-c5c(Cl)cccc5Cl)noc4C4CC4)CC3)cc21. The molecule has 2 aromatic heterocycles. The second-order valence-corrected chi connectivity index (χ2v) is 11.1. The fraction of sp³-hybridized carbons (Fsp3) is 0.379. The number of fused-ring (bicyclic) bond motifs is 1. The molecule has 1 N–H and O–H groups in total. The van der Waals surface area contributed by atoms with Crippen LogP contribution in [0.3, 0.4) is 0 Å². The molecular weight excluding hydrogens is 541 g/mol. The molecule has 1 aliphatic heterocycles. The number of carboxylic acid groups (broad SMARTS) is 1. The van der Waals surface area contributed by atoms with Crippen molar-refractivity contribution in [1.29, 1.82) is 0 Å². The lowest BCUT2D eigenvalue weighted by Gasteiger charge is -2.23. The van der Waals surface area contributed by atoms with E-state index in [1.165, 1.54) is 0 Å². The van der Waals surface area contributed by atoms with Gasteiger partial charge in [-0.1, -0.05) is 34.4 Å². The molecule has 1 unspecified atom stereocenters. The summed E-state index contributed by atoms with van der Waals surface area (Å²) in [6.07, 6.45) is 5.47. The Balaban J connectivity index is 1.16. The minimum Gasteiger partial charge on any atom is -0.449 e. The predicted octanol–water partition coefficient (Wildman–Crippen LogP) is 7.65. The largest absolute Gasteiger partial charge is 0.511 e. The van der Waals surface area contributed by atoms with E-state index < -0.39 is 6.16 Å². The summed E-state index contributed by atoms with van der Waals surface area (Å²) in [4.78, 5) is 13.4. The zero-order valence-corrected chi connectivity index (χ0v) is 23.0. The van der Waals surface area contributed by atoms with Crippen LogP contribution in [-0.2, 0) is 18.4 Å². The van der Waals surface area contributed by atoms with Crippen molar-refractivity contribution < 1.29 is 23.9 Å². The number of halogens is 2. The average Bonchev–Trinajstić information content (AvgIpc) is 3.65. The van der Waals surface area contributed by atoms with Gasteiger partial charge in [0.1, 0.15) is 11.5 Å². The van der Waals surface area contributed by atoms with Crippen LogP contribution in [0.5, 0.6) is 5.75 Å². The van der Waals surface area contributed by atoms with E-state index in [9.17, 15) is 4.79 Å². The highest BCUT2D eigenvalue weighted by Gasteiger charge is 2.34. The van der Waals surface area contributed by atoms with Gasteiger partial charge in [0.15, 0.2) is 5.75 Å². The Morgan fingerprint density at radius 3 is 2.67 bits per heavy atom. The molecule has 6 rings (SSSR count). The van der Waals surface area contributed by atoms with Crippen LogP contribution in [0.25, 0.3) is 22.2 Å². The van der Waals surface area contributed by atoms with Crippen molar-refractivity contribution in [3.63, 3.8) is 0 Å². The summed E-state index contributed by atoms with van der Waals surface area (Å²) in [5, 5.41) is 15.3. The number of hydrogen-bond donors (Lipinski definition) is 1. The van der Waals surface area contributed by atoms with E-state index in [0.717, 1.165) is 73.1 Å². The van der Waals surface area contributed by atoms with E-state index in [-0.39, 0.29) is 6.10 Å². The van der Waals surface area contributed by atoms with Crippen LogP contribution in [0.4, 0.5) is 10.5 Å². The predicted molar refractivity (Wildman–Crippen MR) is 150 cm³/mol. The second-order valence-electron chi connectivity index (χ2n) is 10.3. The van der Waals surface area contributed by atoms with E-state index in [1.807, 2.05) is 41.9 Å². The topological polar surface area (TPSA) is 90.0 Å². The van der Waals surface area contributed by atoms with E-state index >= 15 is 0 Å². The number of nitrogens with zero attached hydrogens (tertiary/aromatic N) is 3. The molecule has 0 bridgehead atoms. The van der Waals surface area contributed by atoms with Gasteiger partial charge in [-0.25, -0.2) is 4.79 Å². The highest BCUT2D eigenvalue weighted by molar-refractivity contribution is 6.39. The molecule has 1 aliphatic carbocycles. The van der Waals surface area contributed by atoms with Crippen molar-refractivity contribution in [3.8, 4) is 17.0 Å². The van der Waals surface area contributed by atoms with Crippen molar-refractivity contribution >= 4 is 45.9 Å². The Morgan fingerprint density at radius 1 is 1.13 bits per heavy atom. The van der Waals surface area contributed by atoms with Crippen molar-refractivity contribution in [2.24, 2.45) is 7.05 Å².